The van der Waals surface area contributed by atoms with Gasteiger partial charge < -0.3 is 14.9 Å². The Kier molecular flexibility index (Phi) is 4.27. The van der Waals surface area contributed by atoms with Crippen molar-refractivity contribution in [3.63, 3.8) is 0 Å². The predicted octanol–water partition coefficient (Wildman–Crippen LogP) is 1.74. The van der Waals surface area contributed by atoms with E-state index in [0.29, 0.717) is 24.5 Å². The number of phenols is 1. The van der Waals surface area contributed by atoms with Crippen molar-refractivity contribution < 1.29 is 19.7 Å². The standard InChI is InChI=1S/C14H19NO4/c1-2-19-11-5-3-4-10(13(11)16)8-15-12(14(17)18)9-6-7-9/h3-5,9,12,15-16H,2,6-8H2,1H3,(H,17,18). The van der Waals surface area contributed by atoms with Crippen molar-refractivity contribution in [2.75, 3.05) is 6.61 Å². The van der Waals surface area contributed by atoms with E-state index in [1.807, 2.05) is 6.92 Å². The number of para-hydroxylation sites is 1. The van der Waals surface area contributed by atoms with Crippen LogP contribution in [0.3, 0.4) is 0 Å². The zero-order valence-electron chi connectivity index (χ0n) is 10.9. The molecule has 5 heteroatoms. The predicted molar refractivity (Wildman–Crippen MR) is 70.3 cm³/mol. The van der Waals surface area contributed by atoms with E-state index in [-0.39, 0.29) is 11.7 Å². The van der Waals surface area contributed by atoms with E-state index in [1.165, 1.54) is 0 Å². The van der Waals surface area contributed by atoms with E-state index in [2.05, 4.69) is 5.32 Å². The number of aliphatic carboxylic acids is 1. The minimum Gasteiger partial charge on any atom is -0.504 e. The molecule has 2 rings (SSSR count). The smallest absolute Gasteiger partial charge is 0.320 e. The van der Waals surface area contributed by atoms with Crippen LogP contribution in [-0.4, -0.2) is 28.8 Å². The van der Waals surface area contributed by atoms with Crippen LogP contribution in [0.4, 0.5) is 0 Å². The molecule has 1 atom stereocenters. The zero-order valence-corrected chi connectivity index (χ0v) is 10.9. The Bertz CT molecular complexity index is 457. The summed E-state index contributed by atoms with van der Waals surface area (Å²) >= 11 is 0. The number of phenolic OH excluding ortho intramolecular Hbond substituents is 1. The van der Waals surface area contributed by atoms with Gasteiger partial charge >= 0.3 is 5.97 Å². The average molecular weight is 265 g/mol. The van der Waals surface area contributed by atoms with E-state index in [0.717, 1.165) is 12.8 Å². The van der Waals surface area contributed by atoms with E-state index in [1.54, 1.807) is 18.2 Å². The molecule has 1 aliphatic rings. The van der Waals surface area contributed by atoms with Gasteiger partial charge in [-0.1, -0.05) is 12.1 Å². The van der Waals surface area contributed by atoms with Gasteiger partial charge in [-0.25, -0.2) is 0 Å². The summed E-state index contributed by atoms with van der Waals surface area (Å²) in [5.41, 5.74) is 0.651. The molecule has 0 spiro atoms. The molecule has 0 radical (unpaired) electrons. The number of hydrogen-bond acceptors (Lipinski definition) is 4. The van der Waals surface area contributed by atoms with Gasteiger partial charge in [0.2, 0.25) is 0 Å². The number of carboxylic acid groups (broad SMARTS) is 1. The highest BCUT2D eigenvalue weighted by atomic mass is 16.5. The zero-order chi connectivity index (χ0) is 13.8. The van der Waals surface area contributed by atoms with Gasteiger partial charge in [-0.05, 0) is 31.7 Å². The fraction of sp³-hybridized carbons (Fsp3) is 0.500. The van der Waals surface area contributed by atoms with Gasteiger partial charge in [0.1, 0.15) is 6.04 Å². The molecule has 1 unspecified atom stereocenters. The van der Waals surface area contributed by atoms with Crippen LogP contribution in [0.15, 0.2) is 18.2 Å². The van der Waals surface area contributed by atoms with Crippen LogP contribution in [0, 0.1) is 5.92 Å². The molecule has 0 aliphatic heterocycles. The van der Waals surface area contributed by atoms with Gasteiger partial charge in [-0.2, -0.15) is 0 Å². The number of nitrogens with one attached hydrogen (secondary N) is 1. The summed E-state index contributed by atoms with van der Waals surface area (Å²) < 4.78 is 5.30. The first-order valence-electron chi connectivity index (χ1n) is 6.53. The highest BCUT2D eigenvalue weighted by Gasteiger charge is 2.35. The van der Waals surface area contributed by atoms with Gasteiger partial charge in [-0.3, -0.25) is 10.1 Å². The van der Waals surface area contributed by atoms with Crippen LogP contribution in [0.25, 0.3) is 0 Å². The first-order valence-corrected chi connectivity index (χ1v) is 6.53. The normalized spacial score (nSPS) is 16.1. The fourth-order valence-electron chi connectivity index (χ4n) is 2.09. The third kappa shape index (κ3) is 3.38. The molecule has 0 amide bonds. The number of rotatable bonds is 7. The minimum atomic E-state index is -0.831. The van der Waals surface area contributed by atoms with Crippen molar-refractivity contribution in [1.82, 2.24) is 5.32 Å². The maximum Gasteiger partial charge on any atom is 0.320 e. The molecule has 0 aromatic heterocycles. The molecule has 104 valence electrons. The minimum absolute atomic E-state index is 0.0804. The second-order valence-corrected chi connectivity index (χ2v) is 4.73. The van der Waals surface area contributed by atoms with Crippen LogP contribution >= 0.6 is 0 Å². The Morgan fingerprint density at radius 2 is 2.26 bits per heavy atom. The maximum atomic E-state index is 11.1. The van der Waals surface area contributed by atoms with Gasteiger partial charge in [0.25, 0.3) is 0 Å². The highest BCUT2D eigenvalue weighted by Crippen LogP contribution is 2.34. The monoisotopic (exact) mass is 265 g/mol. The van der Waals surface area contributed by atoms with Crippen molar-refractivity contribution in [2.45, 2.75) is 32.4 Å². The lowest BCUT2D eigenvalue weighted by atomic mass is 10.1. The summed E-state index contributed by atoms with van der Waals surface area (Å²) in [6, 6.07) is 4.71. The number of ether oxygens (including phenoxy) is 1. The Balaban J connectivity index is 2.02. The van der Waals surface area contributed by atoms with Crippen molar-refractivity contribution in [2.24, 2.45) is 5.92 Å². The van der Waals surface area contributed by atoms with Crippen LogP contribution in [0.2, 0.25) is 0 Å². The number of carboxylic acids is 1. The molecule has 5 nitrogen and oxygen atoms in total. The number of benzene rings is 1. The SMILES string of the molecule is CCOc1cccc(CNC(C(=O)O)C2CC2)c1O. The molecule has 3 N–H and O–H groups in total. The molecule has 1 aromatic carbocycles. The molecule has 0 heterocycles. The first kappa shape index (κ1) is 13.7. The molecular formula is C14H19NO4. The van der Waals surface area contributed by atoms with Crippen molar-refractivity contribution in [1.29, 1.82) is 0 Å². The molecular weight excluding hydrogens is 246 g/mol. The lowest BCUT2D eigenvalue weighted by Crippen LogP contribution is -2.38. The summed E-state index contributed by atoms with van der Waals surface area (Å²) in [5.74, 6) is -0.102. The number of carbonyl (C=O) groups is 1. The Morgan fingerprint density at radius 3 is 2.84 bits per heavy atom. The summed E-state index contributed by atoms with van der Waals surface area (Å²) in [5, 5.41) is 22.1. The van der Waals surface area contributed by atoms with Crippen molar-refractivity contribution in [3.05, 3.63) is 23.8 Å². The Labute approximate surface area is 112 Å². The van der Waals surface area contributed by atoms with Gasteiger partial charge in [0.05, 0.1) is 6.61 Å². The molecule has 1 fully saturated rings. The van der Waals surface area contributed by atoms with E-state index < -0.39 is 12.0 Å². The van der Waals surface area contributed by atoms with Gasteiger partial charge in [-0.15, -0.1) is 0 Å². The largest absolute Gasteiger partial charge is 0.504 e. The van der Waals surface area contributed by atoms with E-state index >= 15 is 0 Å². The third-order valence-electron chi connectivity index (χ3n) is 3.25. The Hall–Kier alpha value is -1.75. The molecule has 0 bridgehead atoms. The Morgan fingerprint density at radius 1 is 1.53 bits per heavy atom. The second kappa shape index (κ2) is 5.93. The lowest BCUT2D eigenvalue weighted by molar-refractivity contribution is -0.140. The topological polar surface area (TPSA) is 78.8 Å². The first-order chi connectivity index (χ1) is 9.13. The summed E-state index contributed by atoms with van der Waals surface area (Å²) in [6.07, 6.45) is 1.91. The lowest BCUT2D eigenvalue weighted by Gasteiger charge is -2.15. The van der Waals surface area contributed by atoms with Crippen LogP contribution in [0.5, 0.6) is 11.5 Å². The van der Waals surface area contributed by atoms with Crippen molar-refractivity contribution in [3.8, 4) is 11.5 Å². The quantitative estimate of drug-likeness (QED) is 0.700. The fourth-order valence-corrected chi connectivity index (χ4v) is 2.09. The highest BCUT2D eigenvalue weighted by molar-refractivity contribution is 5.74. The number of aromatic hydroxyl groups is 1. The van der Waals surface area contributed by atoms with E-state index in [9.17, 15) is 9.90 Å². The van der Waals surface area contributed by atoms with Crippen molar-refractivity contribution >= 4 is 5.97 Å². The second-order valence-electron chi connectivity index (χ2n) is 4.73. The van der Waals surface area contributed by atoms with E-state index in [4.69, 9.17) is 9.84 Å². The third-order valence-corrected chi connectivity index (χ3v) is 3.25. The molecule has 1 saturated carbocycles. The molecule has 1 aliphatic carbocycles. The summed E-state index contributed by atoms with van der Waals surface area (Å²) in [7, 11) is 0. The van der Waals surface area contributed by atoms with Crippen LogP contribution < -0.4 is 10.1 Å². The number of hydrogen-bond donors (Lipinski definition) is 3. The molecule has 0 saturated heterocycles. The van der Waals surface area contributed by atoms with Crippen LogP contribution in [-0.2, 0) is 11.3 Å². The molecule has 19 heavy (non-hydrogen) atoms. The van der Waals surface area contributed by atoms with Gasteiger partial charge in [0.15, 0.2) is 11.5 Å². The summed E-state index contributed by atoms with van der Waals surface area (Å²) in [6.45, 7) is 2.64. The maximum absolute atomic E-state index is 11.1. The summed E-state index contributed by atoms with van der Waals surface area (Å²) in [4.78, 5) is 11.1. The molecule has 1 aromatic rings. The van der Waals surface area contributed by atoms with Gasteiger partial charge in [0, 0.05) is 12.1 Å². The average Bonchev–Trinajstić information content (AvgIpc) is 3.18. The van der Waals surface area contributed by atoms with Crippen LogP contribution in [0.1, 0.15) is 25.3 Å².